The van der Waals surface area contributed by atoms with Crippen LogP contribution >= 0.6 is 0 Å². The van der Waals surface area contributed by atoms with Gasteiger partial charge < -0.3 is 10.1 Å². The van der Waals surface area contributed by atoms with Gasteiger partial charge in [-0.25, -0.2) is 0 Å². The maximum Gasteiger partial charge on any atom is 0.265 e. The van der Waals surface area contributed by atoms with Gasteiger partial charge in [-0.05, 0) is 62.8 Å². The summed E-state index contributed by atoms with van der Waals surface area (Å²) in [6.45, 7) is 12.2. The molecular formula is C22H29NO2. The number of amides is 1. The average molecular weight is 339 g/mol. The minimum atomic E-state index is -0.565. The van der Waals surface area contributed by atoms with E-state index in [1.165, 1.54) is 5.56 Å². The fourth-order valence-electron chi connectivity index (χ4n) is 3.06. The predicted octanol–water partition coefficient (Wildman–Crippen LogP) is 5.53. The summed E-state index contributed by atoms with van der Waals surface area (Å²) in [5, 5.41) is 3.02. The Balaban J connectivity index is 2.14. The standard InChI is InChI=1S/C22H29NO2/c1-7-15(3)19-10-8-9-11-20(19)25-18(6)22(24)23-21-16(4)12-14(2)13-17(21)5/h8-13,15,18H,7H2,1-6H3,(H,23,24). The fourth-order valence-corrected chi connectivity index (χ4v) is 3.06. The first-order valence-electron chi connectivity index (χ1n) is 8.97. The van der Waals surface area contributed by atoms with E-state index in [0.29, 0.717) is 5.92 Å². The second-order valence-corrected chi connectivity index (χ2v) is 6.87. The highest BCUT2D eigenvalue weighted by Gasteiger charge is 2.19. The molecule has 134 valence electrons. The van der Waals surface area contributed by atoms with Gasteiger partial charge in [0.25, 0.3) is 5.91 Å². The maximum absolute atomic E-state index is 12.6. The van der Waals surface area contributed by atoms with Crippen molar-refractivity contribution in [2.24, 2.45) is 0 Å². The molecule has 0 bridgehead atoms. The van der Waals surface area contributed by atoms with E-state index < -0.39 is 6.10 Å². The van der Waals surface area contributed by atoms with Crippen molar-refractivity contribution < 1.29 is 9.53 Å². The van der Waals surface area contributed by atoms with Crippen molar-refractivity contribution in [1.29, 1.82) is 0 Å². The zero-order chi connectivity index (χ0) is 18.6. The molecule has 2 aromatic carbocycles. The van der Waals surface area contributed by atoms with Gasteiger partial charge in [0.15, 0.2) is 6.10 Å². The lowest BCUT2D eigenvalue weighted by Crippen LogP contribution is -2.31. The molecule has 0 aliphatic rings. The summed E-state index contributed by atoms with van der Waals surface area (Å²) in [6, 6.07) is 12.1. The molecule has 0 radical (unpaired) electrons. The van der Waals surface area contributed by atoms with Gasteiger partial charge in [0.2, 0.25) is 0 Å². The van der Waals surface area contributed by atoms with Gasteiger partial charge in [0.1, 0.15) is 5.75 Å². The molecule has 1 N–H and O–H groups in total. The second kappa shape index (κ2) is 8.19. The van der Waals surface area contributed by atoms with E-state index in [0.717, 1.165) is 34.5 Å². The molecule has 0 saturated carbocycles. The molecule has 0 aliphatic heterocycles. The van der Waals surface area contributed by atoms with Crippen LogP contribution in [0.3, 0.4) is 0 Å². The van der Waals surface area contributed by atoms with Crippen molar-refractivity contribution >= 4 is 11.6 Å². The third-order valence-electron chi connectivity index (χ3n) is 4.66. The van der Waals surface area contributed by atoms with Gasteiger partial charge in [0.05, 0.1) is 0 Å². The highest BCUT2D eigenvalue weighted by molar-refractivity contribution is 5.95. The molecule has 0 aliphatic carbocycles. The van der Waals surface area contributed by atoms with Gasteiger partial charge in [0, 0.05) is 5.69 Å². The number of nitrogens with one attached hydrogen (secondary N) is 1. The fraction of sp³-hybridized carbons (Fsp3) is 0.409. The topological polar surface area (TPSA) is 38.3 Å². The Morgan fingerprint density at radius 2 is 1.68 bits per heavy atom. The molecule has 2 unspecified atom stereocenters. The van der Waals surface area contributed by atoms with Crippen molar-refractivity contribution in [3.05, 3.63) is 58.7 Å². The lowest BCUT2D eigenvalue weighted by molar-refractivity contribution is -0.122. The maximum atomic E-state index is 12.6. The average Bonchev–Trinajstić information content (AvgIpc) is 2.57. The van der Waals surface area contributed by atoms with Crippen LogP contribution in [0.4, 0.5) is 5.69 Å². The molecule has 3 heteroatoms. The number of anilines is 1. The highest BCUT2D eigenvalue weighted by Crippen LogP contribution is 2.29. The number of ether oxygens (including phenoxy) is 1. The Bertz CT molecular complexity index is 728. The Labute approximate surface area is 151 Å². The van der Waals surface area contributed by atoms with Crippen LogP contribution in [0.5, 0.6) is 5.75 Å². The third-order valence-corrected chi connectivity index (χ3v) is 4.66. The number of aryl methyl sites for hydroxylation is 3. The smallest absolute Gasteiger partial charge is 0.265 e. The SMILES string of the molecule is CCC(C)c1ccccc1OC(C)C(=O)Nc1c(C)cc(C)cc1C. The van der Waals surface area contributed by atoms with E-state index in [1.54, 1.807) is 6.92 Å². The summed E-state index contributed by atoms with van der Waals surface area (Å²) in [6.07, 6.45) is 0.466. The first-order valence-corrected chi connectivity index (χ1v) is 8.97. The van der Waals surface area contributed by atoms with Gasteiger partial charge in [-0.1, -0.05) is 49.7 Å². The minimum absolute atomic E-state index is 0.131. The van der Waals surface area contributed by atoms with Gasteiger partial charge in [-0.3, -0.25) is 4.79 Å². The molecule has 2 atom stereocenters. The molecule has 0 aromatic heterocycles. The quantitative estimate of drug-likeness (QED) is 0.751. The summed E-state index contributed by atoms with van der Waals surface area (Å²) in [5.74, 6) is 1.05. The largest absolute Gasteiger partial charge is 0.481 e. The molecule has 0 heterocycles. The van der Waals surface area contributed by atoms with Crippen LogP contribution in [0.1, 0.15) is 55.4 Å². The monoisotopic (exact) mass is 339 g/mol. The van der Waals surface area contributed by atoms with Crippen LogP contribution in [0, 0.1) is 20.8 Å². The summed E-state index contributed by atoms with van der Waals surface area (Å²) in [4.78, 5) is 12.6. The predicted molar refractivity (Wildman–Crippen MR) is 105 cm³/mol. The van der Waals surface area contributed by atoms with Gasteiger partial charge >= 0.3 is 0 Å². The van der Waals surface area contributed by atoms with E-state index in [9.17, 15) is 4.79 Å². The van der Waals surface area contributed by atoms with Crippen LogP contribution < -0.4 is 10.1 Å². The van der Waals surface area contributed by atoms with Crippen LogP contribution in [-0.4, -0.2) is 12.0 Å². The van der Waals surface area contributed by atoms with Crippen molar-refractivity contribution in [3.8, 4) is 5.75 Å². The van der Waals surface area contributed by atoms with Crippen molar-refractivity contribution in [1.82, 2.24) is 0 Å². The summed E-state index contributed by atoms with van der Waals surface area (Å²) >= 11 is 0. The normalized spacial score (nSPS) is 13.2. The highest BCUT2D eigenvalue weighted by atomic mass is 16.5. The molecule has 1 amide bonds. The number of hydrogen-bond donors (Lipinski definition) is 1. The Hall–Kier alpha value is -2.29. The molecule has 0 fully saturated rings. The first kappa shape index (κ1) is 19.0. The lowest BCUT2D eigenvalue weighted by atomic mass is 9.98. The second-order valence-electron chi connectivity index (χ2n) is 6.87. The number of hydrogen-bond acceptors (Lipinski definition) is 2. The zero-order valence-corrected chi connectivity index (χ0v) is 16.1. The number of rotatable bonds is 6. The molecule has 0 saturated heterocycles. The number of benzene rings is 2. The van der Waals surface area contributed by atoms with Crippen LogP contribution in [-0.2, 0) is 4.79 Å². The zero-order valence-electron chi connectivity index (χ0n) is 16.1. The van der Waals surface area contributed by atoms with Crippen molar-refractivity contribution in [2.45, 2.75) is 60.0 Å². The molecule has 2 aromatic rings. The van der Waals surface area contributed by atoms with E-state index in [-0.39, 0.29) is 5.91 Å². The third kappa shape index (κ3) is 4.62. The van der Waals surface area contributed by atoms with Crippen LogP contribution in [0.25, 0.3) is 0 Å². The Morgan fingerprint density at radius 3 is 2.28 bits per heavy atom. The van der Waals surface area contributed by atoms with Crippen molar-refractivity contribution in [2.75, 3.05) is 5.32 Å². The van der Waals surface area contributed by atoms with Crippen LogP contribution in [0.2, 0.25) is 0 Å². The Kier molecular flexibility index (Phi) is 6.24. The molecule has 2 rings (SSSR count). The van der Waals surface area contributed by atoms with Crippen LogP contribution in [0.15, 0.2) is 36.4 Å². The number of para-hydroxylation sites is 1. The van der Waals surface area contributed by atoms with E-state index >= 15 is 0 Å². The Morgan fingerprint density at radius 1 is 1.08 bits per heavy atom. The number of carbonyl (C=O) groups is 1. The summed E-state index contributed by atoms with van der Waals surface area (Å²) < 4.78 is 5.99. The summed E-state index contributed by atoms with van der Waals surface area (Å²) in [7, 11) is 0. The molecule has 3 nitrogen and oxygen atoms in total. The molecular weight excluding hydrogens is 310 g/mol. The van der Waals surface area contributed by atoms with Gasteiger partial charge in [-0.15, -0.1) is 0 Å². The molecule has 0 spiro atoms. The molecule has 25 heavy (non-hydrogen) atoms. The summed E-state index contributed by atoms with van der Waals surface area (Å²) in [5.41, 5.74) is 5.35. The lowest BCUT2D eigenvalue weighted by Gasteiger charge is -2.20. The van der Waals surface area contributed by atoms with E-state index in [1.807, 2.05) is 32.0 Å². The van der Waals surface area contributed by atoms with Crippen molar-refractivity contribution in [3.63, 3.8) is 0 Å². The number of carbonyl (C=O) groups excluding carboxylic acids is 1. The van der Waals surface area contributed by atoms with Gasteiger partial charge in [-0.2, -0.15) is 0 Å². The minimum Gasteiger partial charge on any atom is -0.481 e. The van der Waals surface area contributed by atoms with E-state index in [2.05, 4.69) is 44.3 Å². The first-order chi connectivity index (χ1) is 11.8. The van der Waals surface area contributed by atoms with E-state index in [4.69, 9.17) is 4.74 Å².